The van der Waals surface area contributed by atoms with Gasteiger partial charge in [0.2, 0.25) is 0 Å². The molecule has 0 amide bonds. The number of guanidine groups is 1. The Hall–Kier alpha value is -1.60. The molecular formula is C21H29IN4. The number of nitrogens with two attached hydrogens (primary N) is 1. The molecule has 0 spiro atoms. The van der Waals surface area contributed by atoms with E-state index in [0.717, 1.165) is 25.2 Å². The third-order valence-electron chi connectivity index (χ3n) is 4.83. The smallest absolute Gasteiger partial charge is 0.193 e. The Morgan fingerprint density at radius 1 is 1.08 bits per heavy atom. The van der Waals surface area contributed by atoms with E-state index in [4.69, 9.17) is 5.73 Å². The third-order valence-corrected chi connectivity index (χ3v) is 4.83. The van der Waals surface area contributed by atoms with Crippen LogP contribution in [0, 0.1) is 0 Å². The van der Waals surface area contributed by atoms with Crippen molar-refractivity contribution in [2.75, 3.05) is 25.0 Å². The van der Waals surface area contributed by atoms with Gasteiger partial charge in [0.05, 0.1) is 12.6 Å². The molecule has 1 unspecified atom stereocenters. The van der Waals surface area contributed by atoms with Crippen molar-refractivity contribution < 1.29 is 0 Å². The number of hydrogen-bond acceptors (Lipinski definition) is 2. The van der Waals surface area contributed by atoms with Gasteiger partial charge in [-0.3, -0.25) is 9.89 Å². The molecule has 2 aromatic rings. The standard InChI is InChI=1S/C21H28N4.HI/c1-2-17-10-12-19(13-11-17)24-21(22)23-16-20(25-14-6-7-15-25)18-8-4-3-5-9-18;/h3-5,8-13,20H,2,6-7,14-16H2,1H3,(H3,22,23,24);1H. The van der Waals surface area contributed by atoms with E-state index in [2.05, 4.69) is 76.7 Å². The molecule has 26 heavy (non-hydrogen) atoms. The summed E-state index contributed by atoms with van der Waals surface area (Å²) in [5.74, 6) is 0.476. The van der Waals surface area contributed by atoms with Crippen molar-refractivity contribution in [3.63, 3.8) is 0 Å². The Kier molecular flexibility index (Phi) is 8.38. The second kappa shape index (κ2) is 10.5. The van der Waals surface area contributed by atoms with Crippen molar-refractivity contribution in [3.05, 3.63) is 65.7 Å². The van der Waals surface area contributed by atoms with Crippen molar-refractivity contribution in [3.8, 4) is 0 Å². The first-order valence-electron chi connectivity index (χ1n) is 9.21. The SMILES string of the molecule is CCc1ccc(NC(N)=NCC(c2ccccc2)N2CCCC2)cc1.I. The van der Waals surface area contributed by atoms with Crippen LogP contribution in [0.25, 0.3) is 0 Å². The topological polar surface area (TPSA) is 53.6 Å². The Balaban J connectivity index is 0.00000243. The average molecular weight is 464 g/mol. The van der Waals surface area contributed by atoms with Gasteiger partial charge < -0.3 is 11.1 Å². The predicted octanol–water partition coefficient (Wildman–Crippen LogP) is 4.43. The average Bonchev–Trinajstić information content (AvgIpc) is 3.18. The molecule has 0 bridgehead atoms. The van der Waals surface area contributed by atoms with Crippen LogP contribution in [-0.2, 0) is 6.42 Å². The van der Waals surface area contributed by atoms with Crippen LogP contribution in [0.3, 0.4) is 0 Å². The first-order valence-corrected chi connectivity index (χ1v) is 9.21. The van der Waals surface area contributed by atoms with E-state index in [1.165, 1.54) is 24.0 Å². The second-order valence-corrected chi connectivity index (χ2v) is 6.57. The molecule has 0 saturated carbocycles. The van der Waals surface area contributed by atoms with E-state index in [1.807, 2.05) is 0 Å². The molecular weight excluding hydrogens is 435 g/mol. The number of halogens is 1. The minimum absolute atomic E-state index is 0. The van der Waals surface area contributed by atoms with Crippen LogP contribution >= 0.6 is 24.0 Å². The number of nitrogens with zero attached hydrogens (tertiary/aromatic N) is 2. The largest absolute Gasteiger partial charge is 0.370 e. The number of aliphatic imine (C=N–C) groups is 1. The number of rotatable bonds is 6. The normalized spacial score (nSPS) is 16.1. The summed E-state index contributed by atoms with van der Waals surface area (Å²) < 4.78 is 0. The summed E-state index contributed by atoms with van der Waals surface area (Å²) in [5, 5.41) is 3.20. The predicted molar refractivity (Wildman–Crippen MR) is 121 cm³/mol. The number of aryl methyl sites for hydroxylation is 1. The number of benzene rings is 2. The van der Waals surface area contributed by atoms with Gasteiger partial charge in [-0.2, -0.15) is 0 Å². The fraction of sp³-hybridized carbons (Fsp3) is 0.381. The van der Waals surface area contributed by atoms with Crippen molar-refractivity contribution >= 4 is 35.6 Å². The van der Waals surface area contributed by atoms with Crippen molar-refractivity contribution in [1.82, 2.24) is 4.90 Å². The fourth-order valence-electron chi connectivity index (χ4n) is 3.36. The molecule has 1 aliphatic heterocycles. The first kappa shape index (κ1) is 20.7. The highest BCUT2D eigenvalue weighted by Crippen LogP contribution is 2.25. The van der Waals surface area contributed by atoms with Gasteiger partial charge in [0, 0.05) is 5.69 Å². The molecule has 5 heteroatoms. The lowest BCUT2D eigenvalue weighted by Crippen LogP contribution is -2.30. The van der Waals surface area contributed by atoms with E-state index in [-0.39, 0.29) is 24.0 Å². The van der Waals surface area contributed by atoms with E-state index >= 15 is 0 Å². The van der Waals surface area contributed by atoms with Crippen molar-refractivity contribution in [1.29, 1.82) is 0 Å². The van der Waals surface area contributed by atoms with Gasteiger partial charge in [0.1, 0.15) is 0 Å². The summed E-state index contributed by atoms with van der Waals surface area (Å²) in [5.41, 5.74) is 9.74. The molecule has 2 aromatic carbocycles. The quantitative estimate of drug-likeness (QED) is 0.378. The lowest BCUT2D eigenvalue weighted by molar-refractivity contribution is 0.252. The monoisotopic (exact) mass is 464 g/mol. The van der Waals surface area contributed by atoms with Crippen LogP contribution in [0.2, 0.25) is 0 Å². The van der Waals surface area contributed by atoms with Crippen LogP contribution in [0.4, 0.5) is 5.69 Å². The Morgan fingerprint density at radius 3 is 2.35 bits per heavy atom. The van der Waals surface area contributed by atoms with Gasteiger partial charge in [0.25, 0.3) is 0 Å². The second-order valence-electron chi connectivity index (χ2n) is 6.57. The van der Waals surface area contributed by atoms with E-state index < -0.39 is 0 Å². The maximum atomic E-state index is 6.12. The lowest BCUT2D eigenvalue weighted by atomic mass is 10.1. The van der Waals surface area contributed by atoms with Crippen molar-refractivity contribution in [2.24, 2.45) is 10.7 Å². The summed E-state index contributed by atoms with van der Waals surface area (Å²) in [6.45, 7) is 5.11. The summed E-state index contributed by atoms with van der Waals surface area (Å²) in [7, 11) is 0. The van der Waals surface area contributed by atoms with E-state index in [0.29, 0.717) is 18.5 Å². The number of likely N-dealkylation sites (tertiary alicyclic amines) is 1. The zero-order chi connectivity index (χ0) is 17.5. The van der Waals surface area contributed by atoms with Gasteiger partial charge in [-0.05, 0) is 55.6 Å². The molecule has 1 fully saturated rings. The van der Waals surface area contributed by atoms with Gasteiger partial charge in [-0.15, -0.1) is 24.0 Å². The van der Waals surface area contributed by atoms with Crippen LogP contribution < -0.4 is 11.1 Å². The minimum atomic E-state index is 0. The molecule has 1 atom stereocenters. The summed E-state index contributed by atoms with van der Waals surface area (Å²) in [6.07, 6.45) is 3.58. The molecule has 0 aliphatic carbocycles. The highest BCUT2D eigenvalue weighted by molar-refractivity contribution is 14.0. The molecule has 1 heterocycles. The third kappa shape index (κ3) is 5.71. The number of nitrogens with one attached hydrogen (secondary N) is 1. The Bertz CT molecular complexity index is 679. The first-order chi connectivity index (χ1) is 12.3. The van der Waals surface area contributed by atoms with Gasteiger partial charge in [-0.25, -0.2) is 0 Å². The molecule has 0 radical (unpaired) electrons. The van der Waals surface area contributed by atoms with Gasteiger partial charge >= 0.3 is 0 Å². The molecule has 1 saturated heterocycles. The van der Waals surface area contributed by atoms with E-state index in [1.54, 1.807) is 0 Å². The lowest BCUT2D eigenvalue weighted by Gasteiger charge is -2.26. The number of anilines is 1. The maximum Gasteiger partial charge on any atom is 0.193 e. The van der Waals surface area contributed by atoms with E-state index in [9.17, 15) is 0 Å². The van der Waals surface area contributed by atoms with Crippen LogP contribution in [0.1, 0.15) is 36.9 Å². The molecule has 3 rings (SSSR count). The van der Waals surface area contributed by atoms with Gasteiger partial charge in [-0.1, -0.05) is 49.4 Å². The molecule has 4 nitrogen and oxygen atoms in total. The molecule has 0 aromatic heterocycles. The minimum Gasteiger partial charge on any atom is -0.370 e. The molecule has 1 aliphatic rings. The Morgan fingerprint density at radius 2 is 1.73 bits per heavy atom. The van der Waals surface area contributed by atoms with Crippen LogP contribution in [0.15, 0.2) is 59.6 Å². The zero-order valence-electron chi connectivity index (χ0n) is 15.4. The maximum absolute atomic E-state index is 6.12. The summed E-state index contributed by atoms with van der Waals surface area (Å²) >= 11 is 0. The van der Waals surface area contributed by atoms with Crippen LogP contribution in [0.5, 0.6) is 0 Å². The van der Waals surface area contributed by atoms with Crippen LogP contribution in [-0.4, -0.2) is 30.5 Å². The number of hydrogen-bond donors (Lipinski definition) is 2. The van der Waals surface area contributed by atoms with Crippen molar-refractivity contribution in [2.45, 2.75) is 32.2 Å². The zero-order valence-corrected chi connectivity index (χ0v) is 17.7. The highest BCUT2D eigenvalue weighted by atomic mass is 127. The fourth-order valence-corrected chi connectivity index (χ4v) is 3.36. The summed E-state index contributed by atoms with van der Waals surface area (Å²) in [4.78, 5) is 7.14. The van der Waals surface area contributed by atoms with Gasteiger partial charge in [0.15, 0.2) is 5.96 Å². The Labute approximate surface area is 173 Å². The highest BCUT2D eigenvalue weighted by Gasteiger charge is 2.23. The molecule has 3 N–H and O–H groups in total. The molecule has 140 valence electrons. The summed E-state index contributed by atoms with van der Waals surface area (Å²) in [6, 6.07) is 19.3.